The van der Waals surface area contributed by atoms with Gasteiger partial charge in [0.15, 0.2) is 0 Å². The van der Waals surface area contributed by atoms with Gasteiger partial charge in [0.05, 0.1) is 5.56 Å². The molecule has 0 bridgehead atoms. The zero-order valence-electron chi connectivity index (χ0n) is 10.8. The van der Waals surface area contributed by atoms with E-state index in [2.05, 4.69) is 5.32 Å². The average molecular weight is 285 g/mol. The molecule has 6 heteroatoms. The zero-order valence-corrected chi connectivity index (χ0v) is 11.6. The summed E-state index contributed by atoms with van der Waals surface area (Å²) in [6.07, 6.45) is 2.15. The third-order valence-electron chi connectivity index (χ3n) is 2.58. The fourth-order valence-electron chi connectivity index (χ4n) is 1.53. The van der Waals surface area contributed by atoms with Crippen molar-refractivity contribution in [3.05, 3.63) is 35.1 Å². The number of carbonyl (C=O) groups is 2. The van der Waals surface area contributed by atoms with Crippen molar-refractivity contribution in [3.63, 3.8) is 0 Å². The van der Waals surface area contributed by atoms with E-state index in [1.165, 1.54) is 23.9 Å². The molecule has 0 aliphatic rings. The van der Waals surface area contributed by atoms with Crippen LogP contribution in [0, 0.1) is 12.7 Å². The van der Waals surface area contributed by atoms with Crippen molar-refractivity contribution in [3.8, 4) is 0 Å². The topological polar surface area (TPSA) is 66.4 Å². The monoisotopic (exact) mass is 285 g/mol. The van der Waals surface area contributed by atoms with Crippen LogP contribution in [0.1, 0.15) is 22.3 Å². The van der Waals surface area contributed by atoms with E-state index in [1.807, 2.05) is 6.26 Å². The van der Waals surface area contributed by atoms with Crippen LogP contribution in [0.2, 0.25) is 0 Å². The summed E-state index contributed by atoms with van der Waals surface area (Å²) in [5.74, 6) is -1.86. The molecule has 0 heterocycles. The van der Waals surface area contributed by atoms with E-state index in [0.717, 1.165) is 0 Å². The number of hydrogen-bond donors (Lipinski definition) is 2. The van der Waals surface area contributed by atoms with Gasteiger partial charge >= 0.3 is 5.97 Å². The van der Waals surface area contributed by atoms with Crippen molar-refractivity contribution in [2.75, 3.05) is 12.0 Å². The Hall–Kier alpha value is -1.56. The summed E-state index contributed by atoms with van der Waals surface area (Å²) in [7, 11) is 0. The van der Waals surface area contributed by atoms with Crippen molar-refractivity contribution in [2.45, 2.75) is 19.4 Å². The lowest BCUT2D eigenvalue weighted by atomic mass is 10.1. The molecular weight excluding hydrogens is 269 g/mol. The predicted molar refractivity (Wildman–Crippen MR) is 73.0 cm³/mol. The molecule has 104 valence electrons. The average Bonchev–Trinajstić information content (AvgIpc) is 2.33. The molecule has 1 rings (SSSR count). The molecule has 0 aliphatic carbocycles. The molecule has 4 nitrogen and oxygen atoms in total. The van der Waals surface area contributed by atoms with Crippen molar-refractivity contribution in [1.82, 2.24) is 5.32 Å². The number of carboxylic acid groups (broad SMARTS) is 1. The summed E-state index contributed by atoms with van der Waals surface area (Å²) < 4.78 is 13.6. The number of benzene rings is 1. The minimum atomic E-state index is -1.12. The van der Waals surface area contributed by atoms with Crippen LogP contribution in [0.3, 0.4) is 0 Å². The third-order valence-corrected chi connectivity index (χ3v) is 3.23. The Balaban J connectivity index is 2.78. The standard InChI is InChI=1S/C13H16FNO3S/c1-8-3-4-9(10(14)7-8)12(16)15-11(13(17)18)5-6-19-2/h3-4,7,11H,5-6H2,1-2H3,(H,15,16)(H,17,18)/t11-/m1/s1. The number of rotatable bonds is 6. The fourth-order valence-corrected chi connectivity index (χ4v) is 2.00. The highest BCUT2D eigenvalue weighted by Gasteiger charge is 2.21. The maximum Gasteiger partial charge on any atom is 0.326 e. The van der Waals surface area contributed by atoms with Gasteiger partial charge in [0.25, 0.3) is 5.91 Å². The summed E-state index contributed by atoms with van der Waals surface area (Å²) in [6, 6.07) is 3.20. The molecule has 0 aromatic heterocycles. The summed E-state index contributed by atoms with van der Waals surface area (Å²) >= 11 is 1.49. The van der Waals surface area contributed by atoms with Crippen molar-refractivity contribution < 1.29 is 19.1 Å². The lowest BCUT2D eigenvalue weighted by Crippen LogP contribution is -2.41. The quantitative estimate of drug-likeness (QED) is 0.839. The Morgan fingerprint density at radius 1 is 1.47 bits per heavy atom. The van der Waals surface area contributed by atoms with Crippen molar-refractivity contribution in [2.24, 2.45) is 0 Å². The first-order valence-corrected chi connectivity index (χ1v) is 7.14. The minimum Gasteiger partial charge on any atom is -0.480 e. The van der Waals surface area contributed by atoms with Gasteiger partial charge in [-0.15, -0.1) is 0 Å². The van der Waals surface area contributed by atoms with E-state index in [4.69, 9.17) is 5.11 Å². The number of carboxylic acids is 1. The van der Waals surface area contributed by atoms with E-state index in [0.29, 0.717) is 17.7 Å². The van der Waals surface area contributed by atoms with E-state index in [1.54, 1.807) is 13.0 Å². The smallest absolute Gasteiger partial charge is 0.326 e. The van der Waals surface area contributed by atoms with Gasteiger partial charge in [-0.25, -0.2) is 9.18 Å². The van der Waals surface area contributed by atoms with Crippen molar-refractivity contribution >= 4 is 23.6 Å². The molecule has 1 aromatic rings. The summed E-state index contributed by atoms with van der Waals surface area (Å²) in [6.45, 7) is 1.71. The Morgan fingerprint density at radius 3 is 2.68 bits per heavy atom. The maximum atomic E-state index is 13.6. The number of nitrogens with one attached hydrogen (secondary N) is 1. The summed E-state index contributed by atoms with van der Waals surface area (Å²) in [4.78, 5) is 22.8. The number of aliphatic carboxylic acids is 1. The number of aryl methyl sites for hydroxylation is 1. The van der Waals surface area contributed by atoms with Gasteiger partial charge < -0.3 is 10.4 Å². The maximum absolute atomic E-state index is 13.6. The normalized spacial score (nSPS) is 11.9. The van der Waals surface area contributed by atoms with Crippen LogP contribution in [0.25, 0.3) is 0 Å². The zero-order chi connectivity index (χ0) is 14.4. The van der Waals surface area contributed by atoms with Crippen LogP contribution >= 0.6 is 11.8 Å². The predicted octanol–water partition coefficient (Wildman–Crippen LogP) is 2.07. The van der Waals surface area contributed by atoms with Gasteiger partial charge in [0.2, 0.25) is 0 Å². The van der Waals surface area contributed by atoms with Crippen molar-refractivity contribution in [1.29, 1.82) is 0 Å². The Morgan fingerprint density at radius 2 is 2.16 bits per heavy atom. The molecule has 0 unspecified atom stereocenters. The molecule has 0 saturated heterocycles. The van der Waals surface area contributed by atoms with Crippen LogP contribution in [-0.2, 0) is 4.79 Å². The molecule has 1 atom stereocenters. The van der Waals surface area contributed by atoms with Crippen LogP contribution in [-0.4, -0.2) is 35.0 Å². The number of hydrogen-bond acceptors (Lipinski definition) is 3. The van der Waals surface area contributed by atoms with Crippen LogP contribution in [0.15, 0.2) is 18.2 Å². The van der Waals surface area contributed by atoms with Crippen LogP contribution in [0.5, 0.6) is 0 Å². The fraction of sp³-hybridized carbons (Fsp3) is 0.385. The number of amides is 1. The van der Waals surface area contributed by atoms with Gasteiger partial charge in [-0.05, 0) is 43.0 Å². The Bertz CT molecular complexity index is 479. The largest absolute Gasteiger partial charge is 0.480 e. The van der Waals surface area contributed by atoms with E-state index >= 15 is 0 Å². The molecule has 0 fully saturated rings. The Labute approximate surface area is 115 Å². The first-order valence-electron chi connectivity index (χ1n) is 5.74. The highest BCUT2D eigenvalue weighted by molar-refractivity contribution is 7.98. The summed E-state index contributed by atoms with van der Waals surface area (Å²) in [5, 5.41) is 11.3. The number of thioether (sulfide) groups is 1. The van der Waals surface area contributed by atoms with Gasteiger partial charge in [0, 0.05) is 0 Å². The molecule has 0 spiro atoms. The number of halogens is 1. The third kappa shape index (κ3) is 4.55. The second-order valence-electron chi connectivity index (χ2n) is 4.13. The van der Waals surface area contributed by atoms with Gasteiger partial charge in [-0.2, -0.15) is 11.8 Å². The lowest BCUT2D eigenvalue weighted by molar-refractivity contribution is -0.139. The highest BCUT2D eigenvalue weighted by atomic mass is 32.2. The first-order chi connectivity index (χ1) is 8.95. The van der Waals surface area contributed by atoms with Gasteiger partial charge in [-0.3, -0.25) is 4.79 Å². The van der Waals surface area contributed by atoms with Gasteiger partial charge in [-0.1, -0.05) is 6.07 Å². The summed E-state index contributed by atoms with van der Waals surface area (Å²) in [5.41, 5.74) is 0.562. The second kappa shape index (κ2) is 7.13. The molecule has 1 amide bonds. The highest BCUT2D eigenvalue weighted by Crippen LogP contribution is 2.10. The Kier molecular flexibility index (Phi) is 5.82. The first kappa shape index (κ1) is 15.5. The van der Waals surface area contributed by atoms with E-state index in [9.17, 15) is 14.0 Å². The molecule has 2 N–H and O–H groups in total. The molecule has 1 aromatic carbocycles. The minimum absolute atomic E-state index is 0.138. The molecule has 19 heavy (non-hydrogen) atoms. The van der Waals surface area contributed by atoms with E-state index < -0.39 is 23.7 Å². The molecule has 0 aliphatic heterocycles. The van der Waals surface area contributed by atoms with Gasteiger partial charge in [0.1, 0.15) is 11.9 Å². The SMILES string of the molecule is CSCC[C@@H](NC(=O)c1ccc(C)cc1F)C(=O)O. The lowest BCUT2D eigenvalue weighted by Gasteiger charge is -2.14. The van der Waals surface area contributed by atoms with E-state index in [-0.39, 0.29) is 5.56 Å². The molecule has 0 saturated carbocycles. The second-order valence-corrected chi connectivity index (χ2v) is 5.11. The molecular formula is C13H16FNO3S. The van der Waals surface area contributed by atoms with Crippen LogP contribution in [0.4, 0.5) is 4.39 Å². The number of carbonyl (C=O) groups excluding carboxylic acids is 1. The van der Waals surface area contributed by atoms with Crippen LogP contribution < -0.4 is 5.32 Å². The molecule has 0 radical (unpaired) electrons.